The average Bonchev–Trinajstić information content (AvgIpc) is 3.25. The number of nitrogens with one attached hydrogen (secondary N) is 1. The fourth-order valence-corrected chi connectivity index (χ4v) is 3.78. The highest BCUT2D eigenvalue weighted by molar-refractivity contribution is 7.98. The maximum atomic E-state index is 12.8. The number of hydrogen-bond donors (Lipinski definition) is 1. The van der Waals surface area contributed by atoms with E-state index in [-0.39, 0.29) is 11.8 Å². The summed E-state index contributed by atoms with van der Waals surface area (Å²) in [6, 6.07) is 13.6. The van der Waals surface area contributed by atoms with Crippen LogP contribution in [-0.4, -0.2) is 64.0 Å². The van der Waals surface area contributed by atoms with E-state index in [9.17, 15) is 9.59 Å². The van der Waals surface area contributed by atoms with Crippen LogP contribution in [0, 0.1) is 0 Å². The zero-order valence-corrected chi connectivity index (χ0v) is 17.0. The van der Waals surface area contributed by atoms with Crippen LogP contribution in [0.1, 0.15) is 15.9 Å². The van der Waals surface area contributed by atoms with E-state index < -0.39 is 0 Å². The Morgan fingerprint density at radius 3 is 2.48 bits per heavy atom. The third-order valence-electron chi connectivity index (χ3n) is 5.08. The number of aromatic amines is 1. The normalized spacial score (nSPS) is 14.7. The van der Waals surface area contributed by atoms with Gasteiger partial charge in [-0.1, -0.05) is 12.1 Å². The lowest BCUT2D eigenvalue weighted by Gasteiger charge is -2.34. The standard InChI is InChI=1S/C22H22N4O2S/c1-29-18-6-2-16(3-7-18)4-9-21(27)25-10-12-26(13-11-25)22(28)17-5-8-19-20(14-17)24-15-23-19/h2-9,14-15H,10-13H2,1H3,(H,23,24)/b9-4+. The van der Waals surface area contributed by atoms with Crippen LogP contribution < -0.4 is 0 Å². The van der Waals surface area contributed by atoms with Gasteiger partial charge in [0.15, 0.2) is 0 Å². The molecule has 0 saturated carbocycles. The monoisotopic (exact) mass is 406 g/mol. The first-order valence-electron chi connectivity index (χ1n) is 9.47. The van der Waals surface area contributed by atoms with Gasteiger partial charge in [-0.05, 0) is 48.2 Å². The molecule has 29 heavy (non-hydrogen) atoms. The number of aromatic nitrogens is 2. The first-order valence-corrected chi connectivity index (χ1v) is 10.7. The van der Waals surface area contributed by atoms with Crippen LogP contribution >= 0.6 is 11.8 Å². The summed E-state index contributed by atoms with van der Waals surface area (Å²) >= 11 is 1.69. The van der Waals surface area contributed by atoms with Gasteiger partial charge in [0.05, 0.1) is 17.4 Å². The molecule has 3 aromatic rings. The van der Waals surface area contributed by atoms with Gasteiger partial charge in [-0.2, -0.15) is 0 Å². The molecule has 2 aromatic carbocycles. The number of rotatable bonds is 4. The molecule has 1 saturated heterocycles. The van der Waals surface area contributed by atoms with E-state index in [1.807, 2.05) is 48.7 Å². The molecule has 0 spiro atoms. The van der Waals surface area contributed by atoms with Crippen molar-refractivity contribution >= 4 is 40.7 Å². The van der Waals surface area contributed by atoms with Crippen molar-refractivity contribution < 1.29 is 9.59 Å². The van der Waals surface area contributed by atoms with Crippen LogP contribution in [0.25, 0.3) is 17.1 Å². The van der Waals surface area contributed by atoms with Crippen molar-refractivity contribution in [2.75, 3.05) is 32.4 Å². The predicted molar refractivity (Wildman–Crippen MR) is 116 cm³/mol. The lowest BCUT2D eigenvalue weighted by atomic mass is 10.1. The van der Waals surface area contributed by atoms with Crippen molar-refractivity contribution in [1.29, 1.82) is 0 Å². The summed E-state index contributed by atoms with van der Waals surface area (Å²) in [6.07, 6.45) is 7.10. The Kier molecular flexibility index (Phi) is 5.67. The number of nitrogens with zero attached hydrogens (tertiary/aromatic N) is 3. The Morgan fingerprint density at radius 2 is 1.76 bits per heavy atom. The van der Waals surface area contributed by atoms with E-state index in [0.717, 1.165) is 16.6 Å². The summed E-state index contributed by atoms with van der Waals surface area (Å²) in [4.78, 5) is 37.2. The lowest BCUT2D eigenvalue weighted by molar-refractivity contribution is -0.127. The van der Waals surface area contributed by atoms with E-state index in [2.05, 4.69) is 9.97 Å². The number of carbonyl (C=O) groups excluding carboxylic acids is 2. The second-order valence-corrected chi connectivity index (χ2v) is 7.74. The van der Waals surface area contributed by atoms with Crippen LogP contribution in [0.3, 0.4) is 0 Å². The average molecular weight is 407 g/mol. The van der Waals surface area contributed by atoms with Gasteiger partial charge in [0.1, 0.15) is 0 Å². The Balaban J connectivity index is 1.33. The number of thioether (sulfide) groups is 1. The van der Waals surface area contributed by atoms with Crippen LogP contribution in [0.4, 0.5) is 0 Å². The molecular weight excluding hydrogens is 384 g/mol. The first kappa shape index (κ1) is 19.3. The number of piperazine rings is 1. The van der Waals surface area contributed by atoms with E-state index in [1.165, 1.54) is 4.90 Å². The molecule has 7 heteroatoms. The van der Waals surface area contributed by atoms with Gasteiger partial charge < -0.3 is 14.8 Å². The minimum Gasteiger partial charge on any atom is -0.345 e. The summed E-state index contributed by atoms with van der Waals surface area (Å²) in [5, 5.41) is 0. The zero-order chi connectivity index (χ0) is 20.2. The maximum absolute atomic E-state index is 12.8. The highest BCUT2D eigenvalue weighted by atomic mass is 32.2. The number of fused-ring (bicyclic) bond motifs is 1. The largest absolute Gasteiger partial charge is 0.345 e. The molecule has 0 aliphatic carbocycles. The van der Waals surface area contributed by atoms with E-state index in [1.54, 1.807) is 40.0 Å². The summed E-state index contributed by atoms with van der Waals surface area (Å²) in [5.74, 6) is -0.0389. The summed E-state index contributed by atoms with van der Waals surface area (Å²) in [7, 11) is 0. The van der Waals surface area contributed by atoms with Gasteiger partial charge in [0.2, 0.25) is 5.91 Å². The minimum absolute atomic E-state index is 0.0157. The van der Waals surface area contributed by atoms with E-state index in [0.29, 0.717) is 31.7 Å². The number of imidazole rings is 1. The molecule has 2 amide bonds. The van der Waals surface area contributed by atoms with Gasteiger partial charge in [-0.3, -0.25) is 9.59 Å². The number of benzene rings is 2. The minimum atomic E-state index is -0.0232. The molecule has 1 aliphatic heterocycles. The lowest BCUT2D eigenvalue weighted by Crippen LogP contribution is -2.50. The number of amides is 2. The van der Waals surface area contributed by atoms with Gasteiger partial charge in [-0.25, -0.2) is 4.98 Å². The van der Waals surface area contributed by atoms with Crippen LogP contribution in [0.15, 0.2) is 59.8 Å². The molecule has 1 N–H and O–H groups in total. The molecule has 4 rings (SSSR count). The molecule has 2 heterocycles. The van der Waals surface area contributed by atoms with Crippen LogP contribution in [0.2, 0.25) is 0 Å². The fraction of sp³-hybridized carbons (Fsp3) is 0.227. The van der Waals surface area contributed by atoms with Crippen molar-refractivity contribution in [2.45, 2.75) is 4.90 Å². The third kappa shape index (κ3) is 4.35. The summed E-state index contributed by atoms with van der Waals surface area (Å²) < 4.78 is 0. The van der Waals surface area contributed by atoms with Crippen molar-refractivity contribution in [1.82, 2.24) is 19.8 Å². The zero-order valence-electron chi connectivity index (χ0n) is 16.2. The second kappa shape index (κ2) is 8.53. The molecule has 0 atom stereocenters. The third-order valence-corrected chi connectivity index (χ3v) is 5.82. The second-order valence-electron chi connectivity index (χ2n) is 6.86. The fourth-order valence-electron chi connectivity index (χ4n) is 3.37. The van der Waals surface area contributed by atoms with Crippen LogP contribution in [-0.2, 0) is 4.79 Å². The van der Waals surface area contributed by atoms with Gasteiger partial charge in [0.25, 0.3) is 5.91 Å². The SMILES string of the molecule is CSc1ccc(/C=C/C(=O)N2CCN(C(=O)c3ccc4nc[nH]c4c3)CC2)cc1. The van der Waals surface area contributed by atoms with E-state index in [4.69, 9.17) is 0 Å². The van der Waals surface area contributed by atoms with Gasteiger partial charge >= 0.3 is 0 Å². The highest BCUT2D eigenvalue weighted by Crippen LogP contribution is 2.17. The smallest absolute Gasteiger partial charge is 0.254 e. The Bertz CT molecular complexity index is 1050. The molecule has 0 radical (unpaired) electrons. The number of H-pyrrole nitrogens is 1. The Morgan fingerprint density at radius 1 is 1.03 bits per heavy atom. The number of carbonyl (C=O) groups is 2. The molecule has 148 valence electrons. The van der Waals surface area contributed by atoms with Crippen molar-refractivity contribution in [3.05, 3.63) is 66.0 Å². The van der Waals surface area contributed by atoms with Crippen molar-refractivity contribution in [3.63, 3.8) is 0 Å². The molecule has 0 bridgehead atoms. The molecule has 0 unspecified atom stereocenters. The molecule has 1 aliphatic rings. The molecule has 1 fully saturated rings. The van der Waals surface area contributed by atoms with Crippen LogP contribution in [0.5, 0.6) is 0 Å². The summed E-state index contributed by atoms with van der Waals surface area (Å²) in [5.41, 5.74) is 3.32. The van der Waals surface area contributed by atoms with Crippen molar-refractivity contribution in [3.8, 4) is 0 Å². The summed E-state index contributed by atoms with van der Waals surface area (Å²) in [6.45, 7) is 2.13. The maximum Gasteiger partial charge on any atom is 0.254 e. The first-order chi connectivity index (χ1) is 14.1. The highest BCUT2D eigenvalue weighted by Gasteiger charge is 2.24. The quantitative estimate of drug-likeness (QED) is 0.533. The van der Waals surface area contributed by atoms with E-state index >= 15 is 0 Å². The molecule has 6 nitrogen and oxygen atoms in total. The van der Waals surface area contributed by atoms with Gasteiger partial charge in [-0.15, -0.1) is 11.8 Å². The Labute approximate surface area is 173 Å². The molecule has 1 aromatic heterocycles. The molecular formula is C22H22N4O2S. The predicted octanol–water partition coefficient (Wildman–Crippen LogP) is 3.28. The Hall–Kier alpha value is -3.06. The van der Waals surface area contributed by atoms with Crippen molar-refractivity contribution in [2.24, 2.45) is 0 Å². The number of hydrogen-bond acceptors (Lipinski definition) is 4. The topological polar surface area (TPSA) is 69.3 Å². The van der Waals surface area contributed by atoms with Gasteiger partial charge in [0, 0.05) is 42.7 Å².